The van der Waals surface area contributed by atoms with Crippen molar-refractivity contribution in [2.45, 2.75) is 24.7 Å². The Bertz CT molecular complexity index is 501. The average Bonchev–Trinajstić information content (AvgIpc) is 2.50. The molecule has 1 amide bonds. The summed E-state index contributed by atoms with van der Waals surface area (Å²) in [4.78, 5) is 23.2. The molecule has 0 saturated carbocycles. The van der Waals surface area contributed by atoms with Crippen LogP contribution in [0.5, 0.6) is 0 Å². The highest BCUT2D eigenvalue weighted by Crippen LogP contribution is 2.58. The van der Waals surface area contributed by atoms with Gasteiger partial charge in [-0.2, -0.15) is 0 Å². The van der Waals surface area contributed by atoms with Gasteiger partial charge in [-0.25, -0.2) is 4.31 Å². The molecule has 2 rings (SSSR count). The fraction of sp³-hybridized carbons (Fsp3) is 0.333. The van der Waals surface area contributed by atoms with Gasteiger partial charge in [-0.05, 0) is 25.5 Å². The van der Waals surface area contributed by atoms with Crippen LogP contribution in [-0.4, -0.2) is 31.6 Å². The van der Waals surface area contributed by atoms with Gasteiger partial charge in [0.25, 0.3) is 5.91 Å². The topological polar surface area (TPSA) is 77.8 Å². The molecule has 0 fully saturated rings. The van der Waals surface area contributed by atoms with E-state index in [1.807, 2.05) is 0 Å². The molecule has 5 nitrogen and oxygen atoms in total. The number of fused-ring (bicyclic) bond motifs is 1. The Hall–Kier alpha value is -1.37. The first-order valence-corrected chi connectivity index (χ1v) is 7.13. The molecular formula is C12H15NO4S. The van der Waals surface area contributed by atoms with E-state index in [-0.39, 0.29) is 23.1 Å². The highest BCUT2D eigenvalue weighted by Gasteiger charge is 2.40. The summed E-state index contributed by atoms with van der Waals surface area (Å²) in [7, 11) is -3.22. The van der Waals surface area contributed by atoms with E-state index in [1.54, 1.807) is 24.3 Å². The summed E-state index contributed by atoms with van der Waals surface area (Å²) < 4.78 is 21.3. The van der Waals surface area contributed by atoms with Crippen molar-refractivity contribution in [2.24, 2.45) is 0 Å². The first kappa shape index (κ1) is 13.1. The normalized spacial score (nSPS) is 18.6. The standard InChI is InChI=1S/C12H15NO4S/c1-9(14)5-4-8-13-12(15)10-6-2-3-7-11(10)18(13,16)17/h2-3,6-7,16-17H,4-5,8H2,1H3. The van der Waals surface area contributed by atoms with E-state index in [1.165, 1.54) is 6.92 Å². The van der Waals surface area contributed by atoms with E-state index in [2.05, 4.69) is 0 Å². The summed E-state index contributed by atoms with van der Waals surface area (Å²) in [6, 6.07) is 6.48. The molecule has 0 saturated heterocycles. The maximum atomic E-state index is 12.0. The smallest absolute Gasteiger partial charge is 0.274 e. The summed E-state index contributed by atoms with van der Waals surface area (Å²) in [6.07, 6.45) is 0.764. The van der Waals surface area contributed by atoms with Gasteiger partial charge in [0.1, 0.15) is 5.78 Å². The number of hydrogen-bond donors (Lipinski definition) is 2. The summed E-state index contributed by atoms with van der Waals surface area (Å²) in [5, 5.41) is 0. The molecule has 0 radical (unpaired) electrons. The molecule has 2 N–H and O–H groups in total. The molecule has 1 aromatic carbocycles. The van der Waals surface area contributed by atoms with Crippen molar-refractivity contribution in [3.8, 4) is 0 Å². The summed E-state index contributed by atoms with van der Waals surface area (Å²) in [5.41, 5.74) is 0.334. The van der Waals surface area contributed by atoms with Crippen LogP contribution in [0.1, 0.15) is 30.1 Å². The van der Waals surface area contributed by atoms with Crippen molar-refractivity contribution in [3.05, 3.63) is 29.8 Å². The summed E-state index contributed by atoms with van der Waals surface area (Å²) in [5.74, 6) is -0.357. The monoisotopic (exact) mass is 269 g/mol. The highest BCUT2D eigenvalue weighted by atomic mass is 32.3. The lowest BCUT2D eigenvalue weighted by molar-refractivity contribution is -0.117. The van der Waals surface area contributed by atoms with Crippen molar-refractivity contribution < 1.29 is 18.7 Å². The minimum Gasteiger partial charge on any atom is -0.300 e. The highest BCUT2D eigenvalue weighted by molar-refractivity contribution is 8.23. The number of ketones is 1. The minimum atomic E-state index is -3.22. The Morgan fingerprint density at radius 1 is 1.33 bits per heavy atom. The van der Waals surface area contributed by atoms with Crippen molar-refractivity contribution in [1.82, 2.24) is 4.31 Å². The van der Waals surface area contributed by atoms with Crippen LogP contribution in [0, 0.1) is 0 Å². The second-order valence-electron chi connectivity index (χ2n) is 4.23. The fourth-order valence-corrected chi connectivity index (χ4v) is 3.61. The minimum absolute atomic E-state index is 0.0237. The molecule has 0 aliphatic carbocycles. The average molecular weight is 269 g/mol. The molecule has 0 bridgehead atoms. The van der Waals surface area contributed by atoms with Gasteiger partial charge < -0.3 is 4.79 Å². The largest absolute Gasteiger partial charge is 0.300 e. The maximum absolute atomic E-state index is 12.0. The van der Waals surface area contributed by atoms with Gasteiger partial charge in [0.2, 0.25) is 0 Å². The van der Waals surface area contributed by atoms with E-state index < -0.39 is 10.8 Å². The van der Waals surface area contributed by atoms with Crippen LogP contribution < -0.4 is 0 Å². The Morgan fingerprint density at radius 2 is 2.00 bits per heavy atom. The van der Waals surface area contributed by atoms with Gasteiger partial charge in [-0.15, -0.1) is 0 Å². The number of benzene rings is 1. The molecule has 0 atom stereocenters. The zero-order valence-electron chi connectivity index (χ0n) is 10.00. The molecule has 1 aliphatic rings. The van der Waals surface area contributed by atoms with Crippen LogP contribution in [0.15, 0.2) is 29.2 Å². The molecule has 0 spiro atoms. The zero-order chi connectivity index (χ0) is 13.3. The van der Waals surface area contributed by atoms with E-state index in [9.17, 15) is 18.7 Å². The van der Waals surface area contributed by atoms with Gasteiger partial charge in [0.15, 0.2) is 0 Å². The van der Waals surface area contributed by atoms with Crippen molar-refractivity contribution in [1.29, 1.82) is 0 Å². The third-order valence-electron chi connectivity index (χ3n) is 2.84. The lowest BCUT2D eigenvalue weighted by atomic mass is 10.2. The quantitative estimate of drug-likeness (QED) is 0.880. The van der Waals surface area contributed by atoms with Crippen molar-refractivity contribution in [3.63, 3.8) is 0 Å². The van der Waals surface area contributed by atoms with Gasteiger partial charge >= 0.3 is 0 Å². The van der Waals surface area contributed by atoms with E-state index in [0.29, 0.717) is 18.4 Å². The summed E-state index contributed by atoms with van der Waals surface area (Å²) >= 11 is 0. The zero-order valence-corrected chi connectivity index (χ0v) is 10.8. The third kappa shape index (κ3) is 2.14. The maximum Gasteiger partial charge on any atom is 0.274 e. The molecule has 98 valence electrons. The number of carbonyl (C=O) groups excluding carboxylic acids is 2. The lowest BCUT2D eigenvalue weighted by Crippen LogP contribution is -2.28. The molecule has 1 heterocycles. The second-order valence-corrected chi connectivity index (χ2v) is 6.15. The van der Waals surface area contributed by atoms with Crippen LogP contribution in [0.3, 0.4) is 0 Å². The number of hydrogen-bond acceptors (Lipinski definition) is 4. The molecule has 1 aromatic rings. The first-order chi connectivity index (χ1) is 8.44. The number of rotatable bonds is 4. The molecule has 6 heteroatoms. The third-order valence-corrected chi connectivity index (χ3v) is 4.75. The van der Waals surface area contributed by atoms with E-state index >= 15 is 0 Å². The van der Waals surface area contributed by atoms with Crippen LogP contribution in [-0.2, 0) is 4.79 Å². The van der Waals surface area contributed by atoms with Crippen LogP contribution in [0.2, 0.25) is 0 Å². The predicted octanol–water partition coefficient (Wildman–Crippen LogP) is 2.54. The van der Waals surface area contributed by atoms with Gasteiger partial charge in [0, 0.05) is 13.0 Å². The van der Waals surface area contributed by atoms with Crippen LogP contribution in [0.25, 0.3) is 0 Å². The van der Waals surface area contributed by atoms with Gasteiger partial charge in [-0.3, -0.25) is 13.9 Å². The molecule has 1 aliphatic heterocycles. The Labute approximate surface area is 107 Å². The molecule has 18 heavy (non-hydrogen) atoms. The number of amides is 1. The number of nitrogens with zero attached hydrogens (tertiary/aromatic N) is 1. The number of Topliss-reactive ketones (excluding diaryl/α,β-unsaturated/α-hetero) is 1. The predicted molar refractivity (Wildman–Crippen MR) is 68.5 cm³/mol. The molecule has 0 unspecified atom stereocenters. The van der Waals surface area contributed by atoms with Crippen LogP contribution >= 0.6 is 10.8 Å². The fourth-order valence-electron chi connectivity index (χ4n) is 1.95. The number of carbonyl (C=O) groups is 2. The van der Waals surface area contributed by atoms with Gasteiger partial charge in [0.05, 0.1) is 10.5 Å². The molecular weight excluding hydrogens is 254 g/mol. The Balaban J connectivity index is 2.19. The lowest BCUT2D eigenvalue weighted by Gasteiger charge is -2.36. The molecule has 0 aromatic heterocycles. The Kier molecular flexibility index (Phi) is 3.43. The van der Waals surface area contributed by atoms with E-state index in [0.717, 1.165) is 4.31 Å². The van der Waals surface area contributed by atoms with Crippen LogP contribution in [0.4, 0.5) is 0 Å². The second kappa shape index (κ2) is 4.72. The van der Waals surface area contributed by atoms with Gasteiger partial charge in [-0.1, -0.05) is 22.9 Å². The first-order valence-electron chi connectivity index (χ1n) is 5.63. The SMILES string of the molecule is CC(=O)CCCN1C(=O)c2ccccc2S1(O)O. The Morgan fingerprint density at radius 3 is 2.61 bits per heavy atom. The van der Waals surface area contributed by atoms with E-state index in [4.69, 9.17) is 0 Å². The summed E-state index contributed by atoms with van der Waals surface area (Å²) in [6.45, 7) is 1.65. The van der Waals surface area contributed by atoms with Crippen molar-refractivity contribution in [2.75, 3.05) is 6.54 Å². The van der Waals surface area contributed by atoms with Crippen molar-refractivity contribution >= 4 is 22.5 Å².